The van der Waals surface area contributed by atoms with E-state index in [1.165, 1.54) is 6.21 Å². The minimum atomic E-state index is 0.872. The molecule has 0 aromatic heterocycles. The van der Waals surface area contributed by atoms with E-state index >= 15 is 0 Å². The molecule has 5 nitrogen and oxygen atoms in total. The molecule has 0 fully saturated rings. The van der Waals surface area contributed by atoms with Crippen molar-refractivity contribution in [2.45, 2.75) is 59.3 Å². The van der Waals surface area contributed by atoms with Crippen LogP contribution in [0, 0.1) is 0 Å². The molecule has 0 heterocycles. The Morgan fingerprint density at radius 2 is 1.24 bits per heavy atom. The van der Waals surface area contributed by atoms with Crippen molar-refractivity contribution in [2.24, 2.45) is 15.5 Å². The van der Waals surface area contributed by atoms with Gasteiger partial charge in [0, 0.05) is 18.6 Å². The molecule has 0 aromatic rings. The molecule has 0 saturated heterocycles. The maximum absolute atomic E-state index is 7.77. The predicted octanol–water partition coefficient (Wildman–Crippen LogP) is 3.82. The Morgan fingerprint density at radius 1 is 0.824 bits per heavy atom. The first-order chi connectivity index (χ1) is 8.33. The molecule has 0 spiro atoms. The fraction of sp³-hybridized carbons (Fsp3) is 0.750. The van der Waals surface area contributed by atoms with E-state index in [1.807, 2.05) is 6.92 Å². The Balaban J connectivity index is 0. The van der Waals surface area contributed by atoms with Crippen molar-refractivity contribution < 1.29 is 10.1 Å². The van der Waals surface area contributed by atoms with E-state index in [4.69, 9.17) is 5.21 Å². The van der Waals surface area contributed by atoms with E-state index in [0.29, 0.717) is 0 Å². The van der Waals surface area contributed by atoms with Gasteiger partial charge in [0.05, 0.1) is 0 Å². The fourth-order valence-corrected chi connectivity index (χ4v) is 0.644. The van der Waals surface area contributed by atoms with E-state index in [1.54, 1.807) is 12.4 Å². The Bertz CT molecular complexity index is 190. The molecule has 0 bridgehead atoms. The second kappa shape index (κ2) is 20.1. The molecule has 17 heavy (non-hydrogen) atoms. The van der Waals surface area contributed by atoms with Crippen LogP contribution in [0.25, 0.3) is 0 Å². The highest BCUT2D eigenvalue weighted by atomic mass is 16.8. The molecule has 0 rings (SSSR count). The summed E-state index contributed by atoms with van der Waals surface area (Å²) in [5.74, 6) is 0. The number of unbranched alkanes of at least 4 members (excludes halogenated alkanes) is 3. The molecule has 0 radical (unpaired) electrons. The highest BCUT2D eigenvalue weighted by molar-refractivity contribution is 5.57. The molecule has 0 saturated carbocycles. The topological polar surface area (TPSA) is 66.5 Å². The van der Waals surface area contributed by atoms with Gasteiger partial charge in [0.2, 0.25) is 0 Å². The van der Waals surface area contributed by atoms with Crippen molar-refractivity contribution in [3.05, 3.63) is 0 Å². The summed E-state index contributed by atoms with van der Waals surface area (Å²) in [7, 11) is 0. The van der Waals surface area contributed by atoms with E-state index in [-0.39, 0.29) is 0 Å². The highest BCUT2D eigenvalue weighted by Gasteiger charge is 1.75. The van der Waals surface area contributed by atoms with Gasteiger partial charge in [-0.15, -0.1) is 5.16 Å². The average molecular weight is 243 g/mol. The number of rotatable bonds is 8. The summed E-state index contributed by atoms with van der Waals surface area (Å²) in [4.78, 5) is 4.58. The zero-order valence-electron chi connectivity index (χ0n) is 11.2. The van der Waals surface area contributed by atoms with Crippen molar-refractivity contribution >= 4 is 18.6 Å². The molecule has 5 heteroatoms. The van der Waals surface area contributed by atoms with Gasteiger partial charge in [-0.1, -0.05) is 50.3 Å². The van der Waals surface area contributed by atoms with Crippen LogP contribution in [0.2, 0.25) is 0 Å². The van der Waals surface area contributed by atoms with E-state index in [0.717, 1.165) is 38.5 Å². The Labute approximate surface area is 104 Å². The Kier molecular flexibility index (Phi) is 21.2. The molecular weight excluding hydrogens is 218 g/mol. The van der Waals surface area contributed by atoms with Gasteiger partial charge in [-0.2, -0.15) is 0 Å². The molecule has 1 N–H and O–H groups in total. The summed E-state index contributed by atoms with van der Waals surface area (Å²) in [6.07, 6.45) is 10.9. The first-order valence-corrected chi connectivity index (χ1v) is 6.19. The summed E-state index contributed by atoms with van der Waals surface area (Å²) in [5, 5.41) is 17.8. The van der Waals surface area contributed by atoms with Crippen molar-refractivity contribution in [1.29, 1.82) is 0 Å². The van der Waals surface area contributed by atoms with Crippen LogP contribution in [0.4, 0.5) is 0 Å². The van der Waals surface area contributed by atoms with Crippen LogP contribution < -0.4 is 0 Å². The largest absolute Gasteiger partial charge is 0.411 e. The van der Waals surface area contributed by atoms with Crippen molar-refractivity contribution in [1.82, 2.24) is 0 Å². The van der Waals surface area contributed by atoms with Crippen LogP contribution in [-0.4, -0.2) is 23.9 Å². The van der Waals surface area contributed by atoms with E-state index in [9.17, 15) is 0 Å². The number of nitrogens with zero attached hydrogens (tertiary/aromatic N) is 3. The summed E-state index contributed by atoms with van der Waals surface area (Å²) in [6.45, 7) is 6.21. The van der Waals surface area contributed by atoms with Crippen molar-refractivity contribution in [2.75, 3.05) is 0 Å². The van der Waals surface area contributed by atoms with E-state index < -0.39 is 0 Å². The lowest BCUT2D eigenvalue weighted by Gasteiger charge is -1.85. The minimum Gasteiger partial charge on any atom is -0.411 e. The molecule has 0 atom stereocenters. The Morgan fingerprint density at radius 3 is 1.53 bits per heavy atom. The van der Waals surface area contributed by atoms with Gasteiger partial charge in [-0.3, -0.25) is 0 Å². The first kappa shape index (κ1) is 18.0. The van der Waals surface area contributed by atoms with Crippen LogP contribution in [0.15, 0.2) is 15.5 Å². The third-order valence-corrected chi connectivity index (χ3v) is 1.58. The summed E-state index contributed by atoms with van der Waals surface area (Å²) >= 11 is 0. The van der Waals surface area contributed by atoms with Crippen LogP contribution in [0.1, 0.15) is 59.3 Å². The van der Waals surface area contributed by atoms with E-state index in [2.05, 4.69) is 34.3 Å². The molecule has 100 valence electrons. The zero-order valence-corrected chi connectivity index (χ0v) is 11.2. The normalized spacial score (nSPS) is 11.0. The smallest absolute Gasteiger partial charge is 0.0470 e. The predicted molar refractivity (Wildman–Crippen MR) is 73.1 cm³/mol. The second-order valence-electron chi connectivity index (χ2n) is 3.32. The molecule has 0 unspecified atom stereocenters. The highest BCUT2D eigenvalue weighted by Crippen LogP contribution is 1.84. The van der Waals surface area contributed by atoms with Crippen molar-refractivity contribution in [3.63, 3.8) is 0 Å². The molecule has 0 amide bonds. The third-order valence-electron chi connectivity index (χ3n) is 1.58. The quantitative estimate of drug-likeness (QED) is 0.400. The van der Waals surface area contributed by atoms with Gasteiger partial charge in [-0.25, -0.2) is 4.94 Å². The van der Waals surface area contributed by atoms with Crippen LogP contribution in [-0.2, 0) is 4.94 Å². The maximum atomic E-state index is 7.77. The lowest BCUT2D eigenvalue weighted by molar-refractivity contribution is 0.157. The second-order valence-corrected chi connectivity index (χ2v) is 3.32. The summed E-state index contributed by atoms with van der Waals surface area (Å²) in [6, 6.07) is 0. The first-order valence-electron chi connectivity index (χ1n) is 6.19. The third kappa shape index (κ3) is 25.2. The van der Waals surface area contributed by atoms with Crippen LogP contribution >= 0.6 is 0 Å². The van der Waals surface area contributed by atoms with Gasteiger partial charge in [0.15, 0.2) is 0 Å². The zero-order chi connectivity index (χ0) is 13.2. The van der Waals surface area contributed by atoms with Gasteiger partial charge in [0.1, 0.15) is 0 Å². The van der Waals surface area contributed by atoms with Crippen LogP contribution in [0.3, 0.4) is 0 Å². The van der Waals surface area contributed by atoms with Gasteiger partial charge in [0.25, 0.3) is 0 Å². The van der Waals surface area contributed by atoms with Gasteiger partial charge >= 0.3 is 0 Å². The lowest BCUT2D eigenvalue weighted by Crippen LogP contribution is -1.77. The fourth-order valence-electron chi connectivity index (χ4n) is 0.644. The van der Waals surface area contributed by atoms with Gasteiger partial charge < -0.3 is 5.21 Å². The lowest BCUT2D eigenvalue weighted by atomic mass is 10.4. The molecule has 0 aliphatic rings. The molecule has 0 aromatic carbocycles. The SMILES string of the molecule is CCC/C=N/O.CCC/C=N/O/N=C/CCC. The standard InChI is InChI=1S/C8H16N2O.C4H9NO/c1-3-5-7-9-11-10-8-6-4-2;1-2-3-4-5-6/h7-8H,3-6H2,1-2H3;4,6H,2-3H2,1H3/b9-7+,10-8+;5-4+. The number of oxime groups is 3. The number of hydrogen-bond donors (Lipinski definition) is 1. The van der Waals surface area contributed by atoms with Crippen molar-refractivity contribution in [3.8, 4) is 0 Å². The van der Waals surface area contributed by atoms with Crippen LogP contribution in [0.5, 0.6) is 0 Å². The number of hydrogen-bond acceptors (Lipinski definition) is 5. The molecule has 0 aliphatic heterocycles. The summed E-state index contributed by atoms with van der Waals surface area (Å²) < 4.78 is 0. The molecule has 0 aliphatic carbocycles. The molecular formula is C12H25N3O2. The Hall–Kier alpha value is -1.39. The minimum absolute atomic E-state index is 0.872. The summed E-state index contributed by atoms with van der Waals surface area (Å²) in [5.41, 5.74) is 0. The average Bonchev–Trinajstić information content (AvgIpc) is 2.36. The monoisotopic (exact) mass is 243 g/mol. The maximum Gasteiger partial charge on any atom is 0.0470 e. The van der Waals surface area contributed by atoms with Gasteiger partial charge in [-0.05, 0) is 19.3 Å².